The monoisotopic (exact) mass is 416 g/mol. The van der Waals surface area contributed by atoms with Gasteiger partial charge in [0, 0.05) is 0 Å². The van der Waals surface area contributed by atoms with Crippen LogP contribution in [0, 0.1) is 0 Å². The quantitative estimate of drug-likeness (QED) is 0.443. The maximum absolute atomic E-state index is 8.00. The predicted molar refractivity (Wildman–Crippen MR) is 42.3 cm³/mol. The van der Waals surface area contributed by atoms with Gasteiger partial charge in [-0.1, -0.05) is 0 Å². The zero-order valence-electron chi connectivity index (χ0n) is 3.34. The fourth-order valence-corrected chi connectivity index (χ4v) is 0. The molecule has 0 fully saturated rings. The van der Waals surface area contributed by atoms with Gasteiger partial charge in [0.2, 0.25) is 0 Å². The van der Waals surface area contributed by atoms with Crippen LogP contribution in [0.4, 0.5) is 0 Å². The van der Waals surface area contributed by atoms with Gasteiger partial charge in [0.05, 0.1) is 0 Å². The second kappa shape index (κ2) is 52.2. The van der Waals surface area contributed by atoms with Gasteiger partial charge in [-0.3, -0.25) is 0 Å². The van der Waals surface area contributed by atoms with E-state index in [4.69, 9.17) is 9.59 Å². The van der Waals surface area contributed by atoms with Crippen LogP contribution in [0.15, 0.2) is 0 Å². The molecule has 0 amide bonds. The molecule has 0 heterocycles. The molecular weight excluding hydrogens is 411 g/mol. The number of hydrogen-bond acceptors (Lipinski definition) is 2. The third-order valence-corrected chi connectivity index (χ3v) is 0. The van der Waals surface area contributed by atoms with Gasteiger partial charge in [-0.2, -0.15) is 0 Å². The normalized spacial score (nSPS) is 4.29. The third kappa shape index (κ3) is 108. The van der Waals surface area contributed by atoms with Crippen molar-refractivity contribution in [2.24, 2.45) is 0 Å². The summed E-state index contributed by atoms with van der Waals surface area (Å²) in [6.45, 7) is 4.00. The van der Waals surface area contributed by atoms with Crippen LogP contribution in [0.1, 0.15) is 0 Å². The number of carbonyl (C=O) groups is 2. The molecule has 0 bridgehead atoms. The molecule has 0 saturated heterocycles. The first-order chi connectivity index (χ1) is 3.41. The Morgan fingerprint density at radius 3 is 1.00 bits per heavy atom. The second-order valence-corrected chi connectivity index (χ2v) is 13.4. The van der Waals surface area contributed by atoms with Crippen molar-refractivity contribution >= 4 is 53.1 Å². The van der Waals surface area contributed by atoms with Crippen molar-refractivity contribution in [3.8, 4) is 0 Å². The Kier molecular flexibility index (Phi) is 118. The van der Waals surface area contributed by atoms with E-state index < -0.39 is 0 Å². The Morgan fingerprint density at radius 1 is 1.00 bits per heavy atom. The molecule has 5 heteroatoms. The molecular formula is C2H4I2O2Ru. The Morgan fingerprint density at radius 2 is 1.00 bits per heavy atom. The van der Waals surface area contributed by atoms with Crippen molar-refractivity contribution in [3.05, 3.63) is 0 Å². The second-order valence-electron chi connectivity index (χ2n) is 0.0505. The molecule has 0 aliphatic rings. The molecule has 0 aromatic rings. The van der Waals surface area contributed by atoms with Gasteiger partial charge in [-0.05, 0) is 0 Å². The van der Waals surface area contributed by atoms with Crippen LogP contribution in [0.25, 0.3) is 0 Å². The number of halogens is 2. The van der Waals surface area contributed by atoms with E-state index in [1.165, 1.54) is 0 Å². The fourth-order valence-electron chi connectivity index (χ4n) is 0. The van der Waals surface area contributed by atoms with Crippen LogP contribution < -0.4 is 0 Å². The van der Waals surface area contributed by atoms with E-state index in [1.807, 2.05) is 13.6 Å². The van der Waals surface area contributed by atoms with Gasteiger partial charge in [0.15, 0.2) is 0 Å². The molecule has 0 saturated carbocycles. The van der Waals surface area contributed by atoms with E-state index in [-0.39, 0.29) is 0 Å². The zero-order valence-corrected chi connectivity index (χ0v) is 9.39. The van der Waals surface area contributed by atoms with Crippen LogP contribution in [0.2, 0.25) is 0 Å². The van der Waals surface area contributed by atoms with Gasteiger partial charge < -0.3 is 9.59 Å². The average molecular weight is 415 g/mol. The maximum atomic E-state index is 8.00. The van der Waals surface area contributed by atoms with E-state index in [2.05, 4.69) is 39.5 Å². The molecule has 0 radical (unpaired) electrons. The molecule has 0 rings (SSSR count). The van der Waals surface area contributed by atoms with Crippen LogP contribution in [0.3, 0.4) is 0 Å². The number of carbonyl (C=O) groups excluding carboxylic acids is 2. The van der Waals surface area contributed by atoms with Crippen molar-refractivity contribution in [2.45, 2.75) is 0 Å². The number of hydrogen-bond donors (Lipinski definition) is 0. The van der Waals surface area contributed by atoms with Crippen molar-refractivity contribution in [1.29, 1.82) is 0 Å². The van der Waals surface area contributed by atoms with Crippen molar-refractivity contribution < 1.29 is 19.7 Å². The Bertz CT molecular complexity index is 21.2. The Hall–Kier alpha value is 1.42. The molecule has 0 aliphatic heterocycles. The molecule has 0 unspecified atom stereocenters. The third-order valence-electron chi connectivity index (χ3n) is 0. The number of rotatable bonds is 0. The summed E-state index contributed by atoms with van der Waals surface area (Å²) in [5.74, 6) is 0. The first kappa shape index (κ1) is 15.8. The topological polar surface area (TPSA) is 34.1 Å². The van der Waals surface area contributed by atoms with E-state index in [0.29, 0.717) is 10.1 Å². The predicted octanol–water partition coefficient (Wildman–Crippen LogP) is 1.40. The SMILES string of the molecule is C=O.C=O.[I][Ru][I]. The molecule has 0 spiro atoms. The summed E-state index contributed by atoms with van der Waals surface area (Å²) in [6, 6.07) is 0. The van der Waals surface area contributed by atoms with Crippen molar-refractivity contribution in [3.63, 3.8) is 0 Å². The summed E-state index contributed by atoms with van der Waals surface area (Å²) in [4.78, 5) is 16.0. The van der Waals surface area contributed by atoms with Crippen molar-refractivity contribution in [1.82, 2.24) is 0 Å². The van der Waals surface area contributed by atoms with E-state index in [1.54, 1.807) is 0 Å². The summed E-state index contributed by atoms with van der Waals surface area (Å²) >= 11 is 4.73. The van der Waals surface area contributed by atoms with Crippen molar-refractivity contribution in [2.75, 3.05) is 0 Å². The Labute approximate surface area is 71.8 Å². The van der Waals surface area contributed by atoms with Gasteiger partial charge >= 0.3 is 49.6 Å². The minimum absolute atomic E-state index is 0.650. The molecule has 0 aliphatic carbocycles. The van der Waals surface area contributed by atoms with Gasteiger partial charge in [0.1, 0.15) is 13.6 Å². The summed E-state index contributed by atoms with van der Waals surface area (Å²) in [5.41, 5.74) is 0. The van der Waals surface area contributed by atoms with E-state index >= 15 is 0 Å². The van der Waals surface area contributed by atoms with E-state index in [0.717, 1.165) is 0 Å². The summed E-state index contributed by atoms with van der Waals surface area (Å²) < 4.78 is 0. The Balaban J connectivity index is -0.0000000360. The van der Waals surface area contributed by atoms with Crippen LogP contribution in [0.5, 0.6) is 0 Å². The molecule has 0 atom stereocenters. The molecule has 2 nitrogen and oxygen atoms in total. The summed E-state index contributed by atoms with van der Waals surface area (Å²) in [7, 11) is 0.650. The average Bonchev–Trinajstić information content (AvgIpc) is 1.78. The molecule has 0 aromatic carbocycles. The standard InChI is InChI=1S/2CH2O.2HI.Ru/c2*1-2;;;/h2*1H2;2*1H;/q;;;;+2/p-2. The molecule has 0 aromatic heterocycles. The van der Waals surface area contributed by atoms with Crippen LogP contribution in [-0.2, 0) is 19.7 Å². The van der Waals surface area contributed by atoms with Crippen LogP contribution >= 0.6 is 39.5 Å². The molecule has 0 N–H and O–H groups in total. The van der Waals surface area contributed by atoms with Crippen LogP contribution in [-0.4, -0.2) is 13.6 Å². The summed E-state index contributed by atoms with van der Waals surface area (Å²) in [6.07, 6.45) is 0. The fraction of sp³-hybridized carbons (Fsp3) is 0. The van der Waals surface area contributed by atoms with Gasteiger partial charge in [0.25, 0.3) is 0 Å². The zero-order chi connectivity index (χ0) is 6.71. The van der Waals surface area contributed by atoms with E-state index in [9.17, 15) is 0 Å². The van der Waals surface area contributed by atoms with Gasteiger partial charge in [-0.25, -0.2) is 0 Å². The first-order valence-corrected chi connectivity index (χ1v) is 11.2. The summed E-state index contributed by atoms with van der Waals surface area (Å²) in [5, 5.41) is 0. The first-order valence-electron chi connectivity index (χ1n) is 0.845. The minimum atomic E-state index is 0.650. The molecule has 46 valence electrons. The van der Waals surface area contributed by atoms with Gasteiger partial charge in [-0.15, -0.1) is 0 Å². The molecule has 7 heavy (non-hydrogen) atoms.